The van der Waals surface area contributed by atoms with Gasteiger partial charge in [-0.2, -0.15) is 0 Å². The Labute approximate surface area is 140 Å². The molecule has 0 atom stereocenters. The topological polar surface area (TPSA) is 77.1 Å². The Bertz CT molecular complexity index is 665. The lowest BCUT2D eigenvalue weighted by molar-refractivity contribution is -0.114. The second-order valence-corrected chi connectivity index (χ2v) is 5.56. The van der Waals surface area contributed by atoms with E-state index in [-0.39, 0.29) is 0 Å². The highest BCUT2D eigenvalue weighted by Gasteiger charge is 2.28. The van der Waals surface area contributed by atoms with Gasteiger partial charge in [-0.15, -0.1) is 0 Å². The molecule has 1 aromatic rings. The number of nitrogens with one attached hydrogen (secondary N) is 1. The SMILES string of the molecule is COC=C1C(=O)NC(=O)c2ccc(OCCN3CCOCC3)cc21. The molecule has 0 aromatic heterocycles. The maximum Gasteiger partial charge on any atom is 0.261 e. The van der Waals surface area contributed by atoms with Gasteiger partial charge in [-0.3, -0.25) is 19.8 Å². The molecule has 7 heteroatoms. The Morgan fingerprint density at radius 2 is 2.00 bits per heavy atom. The number of nitrogens with zero attached hydrogens (tertiary/aromatic N) is 1. The molecule has 0 radical (unpaired) electrons. The lowest BCUT2D eigenvalue weighted by atomic mass is 9.95. The number of hydrogen-bond donors (Lipinski definition) is 1. The zero-order valence-corrected chi connectivity index (χ0v) is 13.5. The summed E-state index contributed by atoms with van der Waals surface area (Å²) in [7, 11) is 1.46. The lowest BCUT2D eigenvalue weighted by Gasteiger charge is -2.26. The van der Waals surface area contributed by atoms with E-state index in [9.17, 15) is 9.59 Å². The predicted octanol–water partition coefficient (Wildman–Crippen LogP) is 0.655. The van der Waals surface area contributed by atoms with Crippen LogP contribution in [0.15, 0.2) is 24.5 Å². The molecule has 1 aromatic carbocycles. The summed E-state index contributed by atoms with van der Waals surface area (Å²) >= 11 is 0. The minimum atomic E-state index is -0.472. The van der Waals surface area contributed by atoms with Gasteiger partial charge in [0.25, 0.3) is 11.8 Å². The molecule has 1 N–H and O–H groups in total. The normalized spacial score (nSPS) is 19.8. The summed E-state index contributed by atoms with van der Waals surface area (Å²) in [5.74, 6) is -0.269. The van der Waals surface area contributed by atoms with Crippen LogP contribution in [0, 0.1) is 0 Å². The number of hydrogen-bond acceptors (Lipinski definition) is 6. The summed E-state index contributed by atoms with van der Waals surface area (Å²) in [4.78, 5) is 26.1. The van der Waals surface area contributed by atoms with Gasteiger partial charge >= 0.3 is 0 Å². The van der Waals surface area contributed by atoms with E-state index in [0.717, 1.165) is 32.8 Å². The fourth-order valence-electron chi connectivity index (χ4n) is 2.75. The van der Waals surface area contributed by atoms with E-state index in [2.05, 4.69) is 10.2 Å². The minimum Gasteiger partial charge on any atom is -0.504 e. The van der Waals surface area contributed by atoms with E-state index >= 15 is 0 Å². The average Bonchev–Trinajstić information content (AvgIpc) is 2.59. The number of fused-ring (bicyclic) bond motifs is 1. The molecule has 0 spiro atoms. The summed E-state index contributed by atoms with van der Waals surface area (Å²) in [5, 5.41) is 2.29. The van der Waals surface area contributed by atoms with Crippen LogP contribution in [-0.2, 0) is 14.3 Å². The van der Waals surface area contributed by atoms with Gasteiger partial charge < -0.3 is 14.2 Å². The minimum absolute atomic E-state index is 0.311. The Morgan fingerprint density at radius 3 is 2.75 bits per heavy atom. The molecule has 128 valence electrons. The molecule has 24 heavy (non-hydrogen) atoms. The molecule has 0 unspecified atom stereocenters. The molecular formula is C17H20N2O5. The monoisotopic (exact) mass is 332 g/mol. The van der Waals surface area contributed by atoms with Crippen LogP contribution in [0.5, 0.6) is 5.75 Å². The van der Waals surface area contributed by atoms with Crippen molar-refractivity contribution in [3.8, 4) is 5.75 Å². The van der Waals surface area contributed by atoms with Gasteiger partial charge in [0.15, 0.2) is 0 Å². The van der Waals surface area contributed by atoms with Crippen LogP contribution in [0.1, 0.15) is 15.9 Å². The standard InChI is InChI=1S/C17H20N2O5/c1-22-11-15-14-10-12(2-3-13(14)16(20)18-17(15)21)24-9-6-19-4-7-23-8-5-19/h2-3,10-11H,4-9H2,1H3,(H,18,20,21). The molecule has 2 heterocycles. The number of rotatable bonds is 5. The fourth-order valence-corrected chi connectivity index (χ4v) is 2.75. The summed E-state index contributed by atoms with van der Waals surface area (Å²) in [6.45, 7) is 4.65. The van der Waals surface area contributed by atoms with Crippen LogP contribution in [0.4, 0.5) is 0 Å². The number of imide groups is 1. The first-order valence-electron chi connectivity index (χ1n) is 7.85. The van der Waals surface area contributed by atoms with Crippen LogP contribution in [0.25, 0.3) is 5.57 Å². The lowest BCUT2D eigenvalue weighted by Crippen LogP contribution is -2.38. The number of benzene rings is 1. The van der Waals surface area contributed by atoms with Crippen molar-refractivity contribution in [2.45, 2.75) is 0 Å². The van der Waals surface area contributed by atoms with E-state index in [4.69, 9.17) is 14.2 Å². The van der Waals surface area contributed by atoms with Gasteiger partial charge in [-0.25, -0.2) is 0 Å². The molecule has 1 saturated heterocycles. The first-order valence-corrected chi connectivity index (χ1v) is 7.85. The molecule has 1 fully saturated rings. The number of carbonyl (C=O) groups excluding carboxylic acids is 2. The summed E-state index contributed by atoms with van der Waals surface area (Å²) < 4.78 is 16.0. The van der Waals surface area contributed by atoms with Crippen LogP contribution >= 0.6 is 0 Å². The number of carbonyl (C=O) groups is 2. The summed E-state index contributed by atoms with van der Waals surface area (Å²) in [6.07, 6.45) is 1.33. The third kappa shape index (κ3) is 3.58. The Kier molecular flexibility index (Phi) is 5.12. The zero-order chi connectivity index (χ0) is 16.9. The molecule has 7 nitrogen and oxygen atoms in total. The Morgan fingerprint density at radius 1 is 1.21 bits per heavy atom. The molecule has 0 saturated carbocycles. The Hall–Kier alpha value is -2.38. The van der Waals surface area contributed by atoms with Crippen molar-refractivity contribution >= 4 is 17.4 Å². The molecule has 3 rings (SSSR count). The Balaban J connectivity index is 1.71. The molecule has 2 amide bonds. The molecule has 0 aliphatic carbocycles. The molecule has 0 bridgehead atoms. The molecule has 2 aliphatic heterocycles. The van der Waals surface area contributed by atoms with Gasteiger partial charge in [0.05, 0.1) is 32.2 Å². The number of amides is 2. The van der Waals surface area contributed by atoms with Crippen molar-refractivity contribution in [2.24, 2.45) is 0 Å². The predicted molar refractivity (Wildman–Crippen MR) is 86.7 cm³/mol. The van der Waals surface area contributed by atoms with Gasteiger partial charge in [0, 0.05) is 30.8 Å². The summed E-state index contributed by atoms with van der Waals surface area (Å²) in [6, 6.07) is 5.10. The van der Waals surface area contributed by atoms with Crippen molar-refractivity contribution in [2.75, 3.05) is 46.6 Å². The van der Waals surface area contributed by atoms with Crippen LogP contribution in [0.2, 0.25) is 0 Å². The van der Waals surface area contributed by atoms with Gasteiger partial charge in [0.1, 0.15) is 12.4 Å². The van der Waals surface area contributed by atoms with Crippen molar-refractivity contribution in [1.29, 1.82) is 0 Å². The smallest absolute Gasteiger partial charge is 0.261 e. The van der Waals surface area contributed by atoms with E-state index in [0.29, 0.717) is 29.1 Å². The number of ether oxygens (including phenoxy) is 3. The first-order chi connectivity index (χ1) is 11.7. The van der Waals surface area contributed by atoms with E-state index in [1.54, 1.807) is 18.2 Å². The van der Waals surface area contributed by atoms with Crippen LogP contribution in [0.3, 0.4) is 0 Å². The second-order valence-electron chi connectivity index (χ2n) is 5.56. The van der Waals surface area contributed by atoms with Crippen molar-refractivity contribution in [3.05, 3.63) is 35.6 Å². The number of morpholine rings is 1. The largest absolute Gasteiger partial charge is 0.504 e. The van der Waals surface area contributed by atoms with Crippen molar-refractivity contribution < 1.29 is 23.8 Å². The average molecular weight is 332 g/mol. The third-order valence-corrected chi connectivity index (χ3v) is 4.01. The van der Waals surface area contributed by atoms with Gasteiger partial charge in [-0.05, 0) is 18.2 Å². The first kappa shape index (κ1) is 16.5. The van der Waals surface area contributed by atoms with Gasteiger partial charge in [-0.1, -0.05) is 0 Å². The number of methoxy groups -OCH3 is 1. The van der Waals surface area contributed by atoms with E-state index in [1.165, 1.54) is 13.4 Å². The van der Waals surface area contributed by atoms with E-state index in [1.807, 2.05) is 0 Å². The second kappa shape index (κ2) is 7.46. The van der Waals surface area contributed by atoms with Crippen LogP contribution < -0.4 is 10.1 Å². The third-order valence-electron chi connectivity index (χ3n) is 4.01. The highest BCUT2D eigenvalue weighted by atomic mass is 16.5. The fraction of sp³-hybridized carbons (Fsp3) is 0.412. The highest BCUT2D eigenvalue weighted by Crippen LogP contribution is 2.28. The quantitative estimate of drug-likeness (QED) is 0.485. The zero-order valence-electron chi connectivity index (χ0n) is 13.5. The maximum absolute atomic E-state index is 11.9. The van der Waals surface area contributed by atoms with Crippen LogP contribution in [-0.4, -0.2) is 63.3 Å². The maximum atomic E-state index is 11.9. The van der Waals surface area contributed by atoms with Crippen molar-refractivity contribution in [3.63, 3.8) is 0 Å². The van der Waals surface area contributed by atoms with Gasteiger partial charge in [0.2, 0.25) is 0 Å². The highest BCUT2D eigenvalue weighted by molar-refractivity contribution is 6.30. The van der Waals surface area contributed by atoms with Crippen molar-refractivity contribution in [1.82, 2.24) is 10.2 Å². The van der Waals surface area contributed by atoms with E-state index < -0.39 is 11.8 Å². The molecular weight excluding hydrogens is 312 g/mol. The molecule has 2 aliphatic rings. The summed E-state index contributed by atoms with van der Waals surface area (Å²) in [5.41, 5.74) is 1.26.